The lowest BCUT2D eigenvalue weighted by Crippen LogP contribution is -2.39. The zero-order valence-electron chi connectivity index (χ0n) is 60.3. The molecule has 0 radical (unpaired) electrons. The fourth-order valence-corrected chi connectivity index (χ4v) is 8.63. The van der Waals surface area contributed by atoms with Gasteiger partial charge in [-0.05, 0) is 202 Å². The molecular formula is C66H157N19O7. The zero-order valence-corrected chi connectivity index (χ0v) is 60.3. The van der Waals surface area contributed by atoms with Crippen LogP contribution in [0.15, 0.2) is 18.7 Å². The highest BCUT2D eigenvalue weighted by atomic mass is 16.5. The van der Waals surface area contributed by atoms with Crippen molar-refractivity contribution in [2.45, 2.75) is 160 Å². The average Bonchev–Trinajstić information content (AvgIpc) is 4.12. The molecule has 2 saturated carbocycles. The predicted octanol–water partition coefficient (Wildman–Crippen LogP) is 0.574. The SMILES string of the molecule is CCC(N)CO.CN(C)CCCN.CN(C)CCN.NCC1CC1.NCC1CCCCC1.NCC1CCCO1.NCCCCCCO.NCCCCN1CCOCC1.NCCCn1ccnc1.NCCN1CCCCC1.NCCN1CCOCC1.NCCOCCO. The molecule has 0 bridgehead atoms. The number of aryl methyl sites for hydroxylation is 1. The summed E-state index contributed by atoms with van der Waals surface area (Å²) in [7, 11) is 8.12. The standard InChI is InChI=1S/C8H18N2O.C7H16N2.C7H15N.C6H11N3.C6H14N2O.C6H15NO.C5H14N2.C5H11NO.C4H12N2.C4H11NO2.C4H11NO.C4H9N/c9-3-1-2-4-10-5-7-11-8-6-10;8-4-7-9-5-2-1-3-6-9;8-6-7-4-2-1-3-5-7;7-2-1-4-9-5-3-8-6-9;7-1-2-8-3-5-9-6-4-8;7-5-3-1-2-4-6-8;1-7(2)5-3-4-6;6-4-5-2-1-3-7-5;1-6(2)4-3-5;5-1-3-7-4-2-6;1-2-4(5)3-6;5-3-4-1-2-4/h1-9H2;1-8H2;7H,1-6,8H2;3,5-6H,1-2,4,7H2;1-7H2;8H,1-7H2;3-6H2,1-2H3;5H,1-4,6H2;3-5H2,1-2H3;6H,1-5H2;4,6H,2-3,5H2,1H3;4H,1-3,5H2. The molecule has 5 heterocycles. The number of unbranched alkanes of at least 4 members (excludes halogenated alkanes) is 4. The van der Waals surface area contributed by atoms with Gasteiger partial charge >= 0.3 is 0 Å². The molecule has 2 aliphatic carbocycles. The molecule has 0 amide bonds. The summed E-state index contributed by atoms with van der Waals surface area (Å²) in [6.45, 7) is 29.7. The molecule has 6 aliphatic rings. The minimum atomic E-state index is -0.00926. The molecule has 27 N–H and O–H groups in total. The van der Waals surface area contributed by atoms with Gasteiger partial charge in [0.1, 0.15) is 0 Å². The predicted molar refractivity (Wildman–Crippen MR) is 389 cm³/mol. The van der Waals surface area contributed by atoms with Crippen LogP contribution in [0.1, 0.15) is 142 Å². The molecule has 0 spiro atoms. The summed E-state index contributed by atoms with van der Waals surface area (Å²) in [4.78, 5) is 15.3. The highest BCUT2D eigenvalue weighted by molar-refractivity contribution is 4.74. The number of likely N-dealkylation sites (tertiary alicyclic amines) is 1. The second kappa shape index (κ2) is 85.3. The van der Waals surface area contributed by atoms with Crippen molar-refractivity contribution >= 4 is 0 Å². The summed E-state index contributed by atoms with van der Waals surface area (Å²) >= 11 is 0. The summed E-state index contributed by atoms with van der Waals surface area (Å²) in [6, 6.07) is -0.00926. The number of hydrogen-bond acceptors (Lipinski definition) is 25. The van der Waals surface area contributed by atoms with E-state index in [2.05, 4.69) is 43.6 Å². The van der Waals surface area contributed by atoms with E-state index in [0.717, 1.165) is 220 Å². The van der Waals surface area contributed by atoms with E-state index >= 15 is 0 Å². The normalized spacial score (nSPS) is 17.4. The van der Waals surface area contributed by atoms with Gasteiger partial charge in [-0.3, -0.25) is 9.80 Å². The Morgan fingerprint density at radius 1 is 0.478 bits per heavy atom. The summed E-state index contributed by atoms with van der Waals surface area (Å²) in [5.41, 5.74) is 63.5. The molecule has 558 valence electrons. The van der Waals surface area contributed by atoms with Crippen molar-refractivity contribution in [3.05, 3.63) is 18.7 Å². The van der Waals surface area contributed by atoms with Gasteiger partial charge in [0.15, 0.2) is 0 Å². The fourth-order valence-electron chi connectivity index (χ4n) is 8.63. The van der Waals surface area contributed by atoms with Crippen LogP contribution in [0.2, 0.25) is 0 Å². The van der Waals surface area contributed by atoms with Crippen molar-refractivity contribution in [3.8, 4) is 0 Å². The molecule has 2 atom stereocenters. The summed E-state index contributed by atoms with van der Waals surface area (Å²) < 4.78 is 22.4. The van der Waals surface area contributed by atoms with Gasteiger partial charge < -0.3 is 122 Å². The van der Waals surface area contributed by atoms with Gasteiger partial charge in [-0.15, -0.1) is 0 Å². The van der Waals surface area contributed by atoms with Crippen molar-refractivity contribution in [3.63, 3.8) is 0 Å². The molecule has 92 heavy (non-hydrogen) atoms. The molecule has 0 aromatic carbocycles. The second-order valence-electron chi connectivity index (χ2n) is 24.1. The number of imidazole rings is 1. The molecule has 1 aromatic heterocycles. The van der Waals surface area contributed by atoms with E-state index < -0.39 is 0 Å². The van der Waals surface area contributed by atoms with Gasteiger partial charge in [0.25, 0.3) is 0 Å². The van der Waals surface area contributed by atoms with E-state index in [0.29, 0.717) is 39.0 Å². The van der Waals surface area contributed by atoms with E-state index in [-0.39, 0.29) is 19.3 Å². The second-order valence-corrected chi connectivity index (χ2v) is 24.1. The minimum Gasteiger partial charge on any atom is -0.396 e. The maximum Gasteiger partial charge on any atom is 0.0945 e. The summed E-state index contributed by atoms with van der Waals surface area (Å²) in [5.74, 6) is 1.78. The molecule has 26 nitrogen and oxygen atoms in total. The van der Waals surface area contributed by atoms with Gasteiger partial charge in [-0.1, -0.05) is 45.4 Å². The molecule has 6 fully saturated rings. The first-order valence-corrected chi connectivity index (χ1v) is 35.8. The molecular weight excluding hydrogens is 1170 g/mol. The number of nitrogens with two attached hydrogens (primary N) is 12. The van der Waals surface area contributed by atoms with Crippen molar-refractivity contribution in [1.29, 1.82) is 0 Å². The molecule has 4 saturated heterocycles. The van der Waals surface area contributed by atoms with Crippen LogP contribution >= 0.6 is 0 Å². The lowest BCUT2D eigenvalue weighted by atomic mass is 9.90. The smallest absolute Gasteiger partial charge is 0.0945 e. The maximum atomic E-state index is 8.33. The number of nitrogens with zero attached hydrogens (tertiary/aromatic N) is 7. The first-order valence-electron chi connectivity index (χ1n) is 35.8. The Morgan fingerprint density at radius 2 is 0.989 bits per heavy atom. The van der Waals surface area contributed by atoms with Gasteiger partial charge in [-0.2, -0.15) is 0 Å². The Morgan fingerprint density at radius 3 is 1.33 bits per heavy atom. The van der Waals surface area contributed by atoms with Gasteiger partial charge in [0.2, 0.25) is 0 Å². The highest BCUT2D eigenvalue weighted by Crippen LogP contribution is 2.26. The zero-order chi connectivity index (χ0) is 69.6. The number of morpholine rings is 2. The Labute approximate surface area is 564 Å². The monoisotopic (exact) mass is 1330 g/mol. The first kappa shape index (κ1) is 98.9. The molecule has 26 heteroatoms. The third-order valence-corrected chi connectivity index (χ3v) is 14.8. The average molecular weight is 1330 g/mol. The quantitative estimate of drug-likeness (QED) is 0.0468. The van der Waals surface area contributed by atoms with E-state index in [1.54, 1.807) is 12.5 Å². The van der Waals surface area contributed by atoms with Crippen molar-refractivity contribution in [1.82, 2.24) is 34.1 Å². The number of aliphatic hydroxyl groups excluding tert-OH is 3. The van der Waals surface area contributed by atoms with Crippen LogP contribution in [0.5, 0.6) is 0 Å². The molecule has 2 unspecified atom stereocenters. The van der Waals surface area contributed by atoms with Gasteiger partial charge in [0, 0.05) is 117 Å². The summed E-state index contributed by atoms with van der Waals surface area (Å²) in [6.07, 6.45) is 31.9. The van der Waals surface area contributed by atoms with Crippen molar-refractivity contribution < 1.29 is 34.3 Å². The molecule has 4 aliphatic heterocycles. The fraction of sp³-hybridized carbons (Fsp3) is 0.955. The first-order chi connectivity index (χ1) is 44.7. The van der Waals surface area contributed by atoms with Gasteiger partial charge in [0.05, 0.1) is 65.3 Å². The maximum absolute atomic E-state index is 8.33. The number of piperidine rings is 1. The van der Waals surface area contributed by atoms with Crippen LogP contribution in [0.3, 0.4) is 0 Å². The third kappa shape index (κ3) is 86.3. The van der Waals surface area contributed by atoms with Crippen molar-refractivity contribution in [2.75, 3.05) is 238 Å². The number of ether oxygens (including phenoxy) is 4. The minimum absolute atomic E-state index is 0.00926. The number of likely N-dealkylation sites (N-methyl/N-ethyl adjacent to an activating group) is 1. The molecule has 1 aromatic rings. The van der Waals surface area contributed by atoms with E-state index in [1.807, 2.05) is 31.8 Å². The number of rotatable bonds is 30. The third-order valence-electron chi connectivity index (χ3n) is 14.8. The topological polar surface area (TPSA) is 444 Å². The number of hydrogen-bond donors (Lipinski definition) is 15. The Bertz CT molecular complexity index is 1340. The summed E-state index contributed by atoms with van der Waals surface area (Å²) in [5, 5.41) is 24.7. The van der Waals surface area contributed by atoms with Crippen LogP contribution in [0.25, 0.3) is 0 Å². The highest BCUT2D eigenvalue weighted by Gasteiger charge is 2.18. The number of aliphatic hydroxyl groups is 3. The Kier molecular flexibility index (Phi) is 91.8. The van der Waals surface area contributed by atoms with Crippen molar-refractivity contribution in [2.24, 2.45) is 80.6 Å². The van der Waals surface area contributed by atoms with Crippen LogP contribution < -0.4 is 68.8 Å². The van der Waals surface area contributed by atoms with E-state index in [9.17, 15) is 0 Å². The van der Waals surface area contributed by atoms with E-state index in [1.165, 1.54) is 96.7 Å². The Balaban J connectivity index is -0.000000301. The van der Waals surface area contributed by atoms with Crippen LogP contribution in [0.4, 0.5) is 0 Å². The largest absolute Gasteiger partial charge is 0.396 e. The van der Waals surface area contributed by atoms with Crippen LogP contribution in [-0.4, -0.2) is 300 Å². The lowest BCUT2D eigenvalue weighted by molar-refractivity contribution is 0.0373. The lowest BCUT2D eigenvalue weighted by Gasteiger charge is -2.26. The number of aromatic nitrogens is 2. The van der Waals surface area contributed by atoms with E-state index in [4.69, 9.17) is 103 Å². The Hall–Kier alpha value is -1.75. The molecule has 7 rings (SSSR count). The van der Waals surface area contributed by atoms with Crippen LogP contribution in [0, 0.1) is 11.8 Å². The van der Waals surface area contributed by atoms with Crippen LogP contribution in [-0.2, 0) is 25.5 Å². The van der Waals surface area contributed by atoms with Gasteiger partial charge in [-0.25, -0.2) is 4.98 Å².